The summed E-state index contributed by atoms with van der Waals surface area (Å²) in [6, 6.07) is 14.9. The summed E-state index contributed by atoms with van der Waals surface area (Å²) in [5.41, 5.74) is 1.93. The number of amides is 1. The zero-order valence-electron chi connectivity index (χ0n) is 17.9. The zero-order valence-corrected chi connectivity index (χ0v) is 17.9. The highest BCUT2D eigenvalue weighted by atomic mass is 16.5. The minimum atomic E-state index is -0.132. The zero-order chi connectivity index (χ0) is 22.1. The summed E-state index contributed by atoms with van der Waals surface area (Å²) < 4.78 is 11.1. The topological polar surface area (TPSA) is 64.6 Å². The van der Waals surface area contributed by atoms with Crippen LogP contribution in [0.15, 0.2) is 48.5 Å². The lowest BCUT2D eigenvalue weighted by Crippen LogP contribution is -2.40. The number of hydrogen-bond donors (Lipinski definition) is 1. The molecular weight excluding hydrogens is 390 g/mol. The summed E-state index contributed by atoms with van der Waals surface area (Å²) in [5, 5.41) is 3.03. The molecule has 162 valence electrons. The molecule has 2 aromatic rings. The van der Waals surface area contributed by atoms with Gasteiger partial charge in [-0.2, -0.15) is 0 Å². The lowest BCUT2D eigenvalue weighted by Gasteiger charge is -2.28. The normalized spacial score (nSPS) is 17.9. The van der Waals surface area contributed by atoms with Crippen molar-refractivity contribution in [3.63, 3.8) is 0 Å². The van der Waals surface area contributed by atoms with Crippen molar-refractivity contribution in [3.05, 3.63) is 59.7 Å². The molecule has 0 saturated heterocycles. The number of rotatable bonds is 9. The second kappa shape index (κ2) is 11.2. The van der Waals surface area contributed by atoms with Crippen LogP contribution in [-0.2, 0) is 9.59 Å². The summed E-state index contributed by atoms with van der Waals surface area (Å²) in [6.07, 6.45) is 9.46. The van der Waals surface area contributed by atoms with Crippen molar-refractivity contribution in [1.29, 1.82) is 0 Å². The predicted molar refractivity (Wildman–Crippen MR) is 120 cm³/mol. The van der Waals surface area contributed by atoms with E-state index in [1.165, 1.54) is 0 Å². The number of ether oxygens (including phenoxy) is 2. The number of Topliss-reactive ketones (excluding diaryl/α,β-unsaturated/α-hetero) is 1. The molecule has 0 aromatic heterocycles. The van der Waals surface area contributed by atoms with Crippen LogP contribution < -0.4 is 14.8 Å². The molecule has 0 atom stereocenters. The highest BCUT2D eigenvalue weighted by molar-refractivity contribution is 5.80. The van der Waals surface area contributed by atoms with E-state index in [0.29, 0.717) is 18.1 Å². The Labute approximate surface area is 184 Å². The van der Waals surface area contributed by atoms with E-state index >= 15 is 0 Å². The lowest BCUT2D eigenvalue weighted by molar-refractivity contribution is -0.125. The highest BCUT2D eigenvalue weighted by Crippen LogP contribution is 2.27. The van der Waals surface area contributed by atoms with Gasteiger partial charge in [-0.1, -0.05) is 23.6 Å². The number of benzene rings is 2. The van der Waals surface area contributed by atoms with Gasteiger partial charge in [0.15, 0.2) is 12.4 Å². The third kappa shape index (κ3) is 7.49. The standard InChI is InChI=1S/C26H29NO4/c1-3-20-8-14-25(15-9-20)31-18-26(29)27-22-10-6-21(7-11-22)16-23(28)17-30-24-12-4-19(2)5-13-24/h1,4-5,8-9,12-15,21-22H,6-7,10-11,16-18H2,2H3,(H,27,29). The third-order valence-corrected chi connectivity index (χ3v) is 5.54. The largest absolute Gasteiger partial charge is 0.486 e. The van der Waals surface area contributed by atoms with Crippen LogP contribution in [0.1, 0.15) is 43.2 Å². The number of ketones is 1. The van der Waals surface area contributed by atoms with Crippen molar-refractivity contribution in [1.82, 2.24) is 5.32 Å². The molecule has 0 radical (unpaired) electrons. The average molecular weight is 420 g/mol. The van der Waals surface area contributed by atoms with Gasteiger partial charge in [-0.25, -0.2) is 0 Å². The molecule has 1 amide bonds. The molecule has 1 N–H and O–H groups in total. The van der Waals surface area contributed by atoms with E-state index in [1.54, 1.807) is 24.3 Å². The number of aryl methyl sites for hydroxylation is 1. The Morgan fingerprint density at radius 3 is 2.13 bits per heavy atom. The van der Waals surface area contributed by atoms with Crippen molar-refractivity contribution < 1.29 is 19.1 Å². The van der Waals surface area contributed by atoms with Crippen molar-refractivity contribution >= 4 is 11.7 Å². The Kier molecular flexibility index (Phi) is 8.12. The molecule has 0 bridgehead atoms. The summed E-state index contributed by atoms with van der Waals surface area (Å²) in [7, 11) is 0. The Morgan fingerprint density at radius 2 is 1.52 bits per heavy atom. The molecule has 0 aliphatic heterocycles. The van der Waals surface area contributed by atoms with Gasteiger partial charge in [-0.05, 0) is 74.9 Å². The van der Waals surface area contributed by atoms with Gasteiger partial charge in [0.1, 0.15) is 18.1 Å². The molecule has 1 fully saturated rings. The Bertz CT molecular complexity index is 904. The molecule has 1 aliphatic rings. The van der Waals surface area contributed by atoms with E-state index in [4.69, 9.17) is 15.9 Å². The molecule has 0 spiro atoms. The SMILES string of the molecule is C#Cc1ccc(OCC(=O)NC2CCC(CC(=O)COc3ccc(C)cc3)CC2)cc1. The van der Waals surface area contributed by atoms with Crippen LogP contribution in [0.25, 0.3) is 0 Å². The first-order valence-corrected chi connectivity index (χ1v) is 10.7. The van der Waals surface area contributed by atoms with E-state index in [9.17, 15) is 9.59 Å². The Morgan fingerprint density at radius 1 is 0.935 bits per heavy atom. The summed E-state index contributed by atoms with van der Waals surface area (Å²) in [5.74, 6) is 4.22. The fourth-order valence-corrected chi connectivity index (χ4v) is 3.76. The van der Waals surface area contributed by atoms with Gasteiger partial charge in [0, 0.05) is 18.0 Å². The molecule has 5 heteroatoms. The molecule has 1 saturated carbocycles. The van der Waals surface area contributed by atoms with Crippen LogP contribution in [0.4, 0.5) is 0 Å². The maximum Gasteiger partial charge on any atom is 0.258 e. The van der Waals surface area contributed by atoms with Gasteiger partial charge in [-0.15, -0.1) is 6.42 Å². The number of hydrogen-bond acceptors (Lipinski definition) is 4. The van der Waals surface area contributed by atoms with Crippen LogP contribution in [0.2, 0.25) is 0 Å². The molecule has 3 rings (SSSR count). The molecule has 1 aliphatic carbocycles. The summed E-state index contributed by atoms with van der Waals surface area (Å²) >= 11 is 0. The van der Waals surface area contributed by atoms with E-state index in [1.807, 2.05) is 31.2 Å². The van der Waals surface area contributed by atoms with Crippen molar-refractivity contribution in [2.24, 2.45) is 5.92 Å². The summed E-state index contributed by atoms with van der Waals surface area (Å²) in [4.78, 5) is 24.4. The lowest BCUT2D eigenvalue weighted by atomic mass is 9.83. The second-order valence-corrected chi connectivity index (χ2v) is 8.09. The van der Waals surface area contributed by atoms with Gasteiger partial charge in [0.25, 0.3) is 5.91 Å². The molecule has 2 aromatic carbocycles. The fraction of sp³-hybridized carbons (Fsp3) is 0.385. The van der Waals surface area contributed by atoms with E-state index in [0.717, 1.165) is 42.6 Å². The molecule has 31 heavy (non-hydrogen) atoms. The first-order valence-electron chi connectivity index (χ1n) is 10.7. The van der Waals surface area contributed by atoms with Crippen LogP contribution in [-0.4, -0.2) is 30.9 Å². The van der Waals surface area contributed by atoms with Crippen LogP contribution in [0, 0.1) is 25.2 Å². The van der Waals surface area contributed by atoms with E-state index < -0.39 is 0 Å². The molecule has 0 heterocycles. The Balaban J connectivity index is 1.31. The molecule has 5 nitrogen and oxygen atoms in total. The number of carbonyl (C=O) groups excluding carboxylic acids is 2. The number of nitrogens with one attached hydrogen (secondary N) is 1. The number of terminal acetylenes is 1. The van der Waals surface area contributed by atoms with Crippen LogP contribution >= 0.6 is 0 Å². The first kappa shape index (κ1) is 22.4. The van der Waals surface area contributed by atoms with Gasteiger partial charge >= 0.3 is 0 Å². The maximum atomic E-state index is 12.2. The first-order chi connectivity index (χ1) is 15.0. The Hall–Kier alpha value is -3.26. The molecule has 0 unspecified atom stereocenters. The van der Waals surface area contributed by atoms with Crippen molar-refractivity contribution in [2.75, 3.05) is 13.2 Å². The third-order valence-electron chi connectivity index (χ3n) is 5.54. The van der Waals surface area contributed by atoms with Crippen molar-refractivity contribution in [3.8, 4) is 23.8 Å². The van der Waals surface area contributed by atoms with Crippen molar-refractivity contribution in [2.45, 2.75) is 45.1 Å². The fourth-order valence-electron chi connectivity index (χ4n) is 3.76. The van der Waals surface area contributed by atoms with Crippen LogP contribution in [0.3, 0.4) is 0 Å². The minimum Gasteiger partial charge on any atom is -0.486 e. The average Bonchev–Trinajstić information content (AvgIpc) is 2.79. The molecular formula is C26H29NO4. The van der Waals surface area contributed by atoms with Gasteiger partial charge in [0.2, 0.25) is 0 Å². The minimum absolute atomic E-state index is 0.0236. The number of carbonyl (C=O) groups is 2. The monoisotopic (exact) mass is 419 g/mol. The van der Waals surface area contributed by atoms with Gasteiger partial charge in [0.05, 0.1) is 0 Å². The van der Waals surface area contributed by atoms with E-state index in [2.05, 4.69) is 11.2 Å². The maximum absolute atomic E-state index is 12.2. The van der Waals surface area contributed by atoms with Gasteiger partial charge in [-0.3, -0.25) is 9.59 Å². The predicted octanol–water partition coefficient (Wildman–Crippen LogP) is 4.07. The van der Waals surface area contributed by atoms with Crippen LogP contribution in [0.5, 0.6) is 11.5 Å². The smallest absolute Gasteiger partial charge is 0.258 e. The second-order valence-electron chi connectivity index (χ2n) is 8.09. The highest BCUT2D eigenvalue weighted by Gasteiger charge is 2.24. The quantitative estimate of drug-likeness (QED) is 0.623. The van der Waals surface area contributed by atoms with Gasteiger partial charge < -0.3 is 14.8 Å². The van der Waals surface area contributed by atoms with E-state index in [-0.39, 0.29) is 30.9 Å². The summed E-state index contributed by atoms with van der Waals surface area (Å²) in [6.45, 7) is 2.10.